The number of rotatable bonds is 56. The van der Waals surface area contributed by atoms with E-state index in [4.69, 9.17) is 14.2 Å². The van der Waals surface area contributed by atoms with Gasteiger partial charge in [0.15, 0.2) is 6.10 Å². The Bertz CT molecular complexity index is 1590. The zero-order valence-corrected chi connectivity index (χ0v) is 49.5. The van der Waals surface area contributed by atoms with Gasteiger partial charge in [-0.3, -0.25) is 14.4 Å². The van der Waals surface area contributed by atoms with Gasteiger partial charge in [0, 0.05) is 19.3 Å². The van der Waals surface area contributed by atoms with Crippen molar-refractivity contribution < 1.29 is 28.6 Å². The predicted octanol–water partition coefficient (Wildman–Crippen LogP) is 21.6. The molecule has 0 aromatic carbocycles. The van der Waals surface area contributed by atoms with Crippen molar-refractivity contribution in [3.63, 3.8) is 0 Å². The van der Waals surface area contributed by atoms with E-state index < -0.39 is 6.10 Å². The van der Waals surface area contributed by atoms with Crippen molar-refractivity contribution in [1.29, 1.82) is 0 Å². The molecule has 1 atom stereocenters. The van der Waals surface area contributed by atoms with Gasteiger partial charge in [-0.1, -0.05) is 258 Å². The van der Waals surface area contributed by atoms with Gasteiger partial charge in [-0.2, -0.15) is 0 Å². The first-order valence-corrected chi connectivity index (χ1v) is 31.5. The molecule has 0 aliphatic heterocycles. The van der Waals surface area contributed by atoms with E-state index in [9.17, 15) is 14.4 Å². The molecule has 1 unspecified atom stereocenters. The van der Waals surface area contributed by atoms with E-state index in [0.717, 1.165) is 128 Å². The first-order chi connectivity index (χ1) is 37.5. The molecule has 76 heavy (non-hydrogen) atoms. The molecule has 6 nitrogen and oxygen atoms in total. The standard InChI is InChI=1S/C70H116O6/c1-4-7-10-13-16-19-22-25-27-29-31-32-33-34-35-36-37-38-39-41-42-45-48-51-54-57-60-63-69(72)75-66-67(65-74-68(71)62-59-56-53-50-47-44-24-21-18-15-12-9-6-3)76-70(73)64-61-58-55-52-49-46-43-40-30-28-26-23-20-17-14-11-8-5-2/h7,9-10,12,16,18-19,21,25,27-28,30-32,34-35,37-38,44,47,67H,4-6,8,11,13-15,17,20,22-24,26,29,33,36,39-43,45-46,48-66H2,1-3H3/b10-7-,12-9-,19-16-,21-18-,27-25-,30-28-,32-31-,35-34-,38-37-,47-44-. The summed E-state index contributed by atoms with van der Waals surface area (Å²) in [6.45, 7) is 6.38. The summed E-state index contributed by atoms with van der Waals surface area (Å²) in [5, 5.41) is 0. The molecule has 0 saturated heterocycles. The van der Waals surface area contributed by atoms with Crippen LogP contribution in [0.15, 0.2) is 122 Å². The minimum atomic E-state index is -0.800. The molecule has 0 heterocycles. The maximum Gasteiger partial charge on any atom is 0.306 e. The number of carbonyl (C=O) groups excluding carboxylic acids is 3. The van der Waals surface area contributed by atoms with Crippen molar-refractivity contribution in [2.45, 2.75) is 290 Å². The van der Waals surface area contributed by atoms with Crippen molar-refractivity contribution in [2.24, 2.45) is 0 Å². The third-order valence-corrected chi connectivity index (χ3v) is 13.2. The number of unbranched alkanes of at least 4 members (excludes halogenated alkanes) is 25. The summed E-state index contributed by atoms with van der Waals surface area (Å²) in [5.41, 5.74) is 0. The van der Waals surface area contributed by atoms with E-state index in [1.165, 1.54) is 116 Å². The molecule has 0 radical (unpaired) electrons. The predicted molar refractivity (Wildman–Crippen MR) is 330 cm³/mol. The second-order valence-electron chi connectivity index (χ2n) is 20.5. The van der Waals surface area contributed by atoms with Crippen LogP contribution in [-0.2, 0) is 28.6 Å². The number of allylic oxidation sites excluding steroid dienone is 20. The van der Waals surface area contributed by atoms with E-state index in [-0.39, 0.29) is 31.1 Å². The van der Waals surface area contributed by atoms with Crippen molar-refractivity contribution in [1.82, 2.24) is 0 Å². The zero-order chi connectivity index (χ0) is 55.0. The van der Waals surface area contributed by atoms with Crippen LogP contribution in [-0.4, -0.2) is 37.2 Å². The van der Waals surface area contributed by atoms with Gasteiger partial charge in [0.25, 0.3) is 0 Å². The van der Waals surface area contributed by atoms with Crippen LogP contribution in [0.25, 0.3) is 0 Å². The number of carbonyl (C=O) groups is 3. The number of hydrogen-bond donors (Lipinski definition) is 0. The molecular formula is C70H116O6. The zero-order valence-electron chi connectivity index (χ0n) is 49.5. The largest absolute Gasteiger partial charge is 0.462 e. The summed E-state index contributed by atoms with van der Waals surface area (Å²) in [6.07, 6.45) is 87.7. The summed E-state index contributed by atoms with van der Waals surface area (Å²) < 4.78 is 16.9. The van der Waals surface area contributed by atoms with E-state index in [1.54, 1.807) is 0 Å². The van der Waals surface area contributed by atoms with Crippen molar-refractivity contribution in [3.05, 3.63) is 122 Å². The second kappa shape index (κ2) is 63.3. The van der Waals surface area contributed by atoms with Crippen LogP contribution in [0.4, 0.5) is 0 Å². The summed E-state index contributed by atoms with van der Waals surface area (Å²) in [6, 6.07) is 0. The van der Waals surface area contributed by atoms with Crippen LogP contribution >= 0.6 is 0 Å². The van der Waals surface area contributed by atoms with Gasteiger partial charge >= 0.3 is 17.9 Å². The van der Waals surface area contributed by atoms with E-state index >= 15 is 0 Å². The molecule has 6 heteroatoms. The number of esters is 3. The SMILES string of the molecule is CC/C=C\C/C=C\C/C=C\C/C=C\C/C=C\C/C=C\CCCCCCCCCCC(=O)OCC(COC(=O)CCCCC/C=C\C/C=C\C/C=C\CC)OC(=O)CCCCCCCCC/C=C\CCCCCCCCC. The van der Waals surface area contributed by atoms with E-state index in [1.807, 2.05) is 0 Å². The van der Waals surface area contributed by atoms with Gasteiger partial charge in [-0.15, -0.1) is 0 Å². The summed E-state index contributed by atoms with van der Waals surface area (Å²) in [7, 11) is 0. The lowest BCUT2D eigenvalue weighted by Crippen LogP contribution is -2.30. The lowest BCUT2D eigenvalue weighted by Gasteiger charge is -2.18. The van der Waals surface area contributed by atoms with E-state index in [2.05, 4.69) is 142 Å². The van der Waals surface area contributed by atoms with Gasteiger partial charge < -0.3 is 14.2 Å². The molecule has 0 bridgehead atoms. The molecule has 0 fully saturated rings. The lowest BCUT2D eigenvalue weighted by molar-refractivity contribution is -0.167. The highest BCUT2D eigenvalue weighted by Gasteiger charge is 2.19. The second-order valence-corrected chi connectivity index (χ2v) is 20.5. The molecule has 0 saturated carbocycles. The molecule has 432 valence electrons. The Hall–Kier alpha value is -4.19. The average Bonchev–Trinajstić information content (AvgIpc) is 3.42. The maximum absolute atomic E-state index is 12.9. The first-order valence-electron chi connectivity index (χ1n) is 31.5. The van der Waals surface area contributed by atoms with Gasteiger partial charge in [0.2, 0.25) is 0 Å². The summed E-state index contributed by atoms with van der Waals surface area (Å²) in [5.74, 6) is -0.934. The van der Waals surface area contributed by atoms with Crippen molar-refractivity contribution in [3.8, 4) is 0 Å². The Morgan fingerprint density at radius 2 is 0.513 bits per heavy atom. The Morgan fingerprint density at radius 1 is 0.276 bits per heavy atom. The van der Waals surface area contributed by atoms with Crippen LogP contribution in [0.3, 0.4) is 0 Å². The monoisotopic (exact) mass is 1050 g/mol. The van der Waals surface area contributed by atoms with E-state index in [0.29, 0.717) is 19.3 Å². The van der Waals surface area contributed by atoms with Gasteiger partial charge in [-0.25, -0.2) is 0 Å². The average molecular weight is 1050 g/mol. The van der Waals surface area contributed by atoms with Crippen LogP contribution in [0, 0.1) is 0 Å². The Balaban J connectivity index is 4.36. The summed E-state index contributed by atoms with van der Waals surface area (Å²) >= 11 is 0. The molecule has 0 rings (SSSR count). The highest BCUT2D eigenvalue weighted by molar-refractivity contribution is 5.71. The molecule has 0 spiro atoms. The fourth-order valence-corrected chi connectivity index (χ4v) is 8.51. The van der Waals surface area contributed by atoms with Gasteiger partial charge in [-0.05, 0) is 128 Å². The fraction of sp³-hybridized carbons (Fsp3) is 0.671. The minimum absolute atomic E-state index is 0.0955. The van der Waals surface area contributed by atoms with Crippen LogP contribution in [0.1, 0.15) is 284 Å². The molecule has 0 aromatic rings. The molecule has 0 aromatic heterocycles. The minimum Gasteiger partial charge on any atom is -0.462 e. The van der Waals surface area contributed by atoms with Crippen LogP contribution in [0.2, 0.25) is 0 Å². The van der Waals surface area contributed by atoms with Gasteiger partial charge in [0.05, 0.1) is 0 Å². The van der Waals surface area contributed by atoms with Crippen LogP contribution < -0.4 is 0 Å². The Kier molecular flexibility index (Phi) is 59.9. The summed E-state index contributed by atoms with van der Waals surface area (Å²) in [4.78, 5) is 38.3. The number of hydrogen-bond acceptors (Lipinski definition) is 6. The smallest absolute Gasteiger partial charge is 0.306 e. The Labute approximate surface area is 469 Å². The van der Waals surface area contributed by atoms with Gasteiger partial charge in [0.1, 0.15) is 13.2 Å². The quantitative estimate of drug-likeness (QED) is 0.0261. The lowest BCUT2D eigenvalue weighted by atomic mass is 10.1. The van der Waals surface area contributed by atoms with Crippen LogP contribution in [0.5, 0.6) is 0 Å². The molecule has 0 N–H and O–H groups in total. The topological polar surface area (TPSA) is 78.9 Å². The third-order valence-electron chi connectivity index (χ3n) is 13.2. The van der Waals surface area contributed by atoms with Crippen molar-refractivity contribution >= 4 is 17.9 Å². The highest BCUT2D eigenvalue weighted by Crippen LogP contribution is 2.15. The normalized spacial score (nSPS) is 12.9. The maximum atomic E-state index is 12.9. The first kappa shape index (κ1) is 71.8. The fourth-order valence-electron chi connectivity index (χ4n) is 8.51. The highest BCUT2D eigenvalue weighted by atomic mass is 16.6. The molecule has 0 amide bonds. The Morgan fingerprint density at radius 3 is 0.829 bits per heavy atom. The number of ether oxygens (including phenoxy) is 3. The molecular weight excluding hydrogens is 937 g/mol. The molecule has 0 aliphatic rings. The third kappa shape index (κ3) is 60.7. The molecule has 0 aliphatic carbocycles. The van der Waals surface area contributed by atoms with Crippen molar-refractivity contribution in [2.75, 3.05) is 13.2 Å².